The summed E-state index contributed by atoms with van der Waals surface area (Å²) in [5.74, 6) is 0.0548. The maximum atomic E-state index is 13.5. The van der Waals surface area contributed by atoms with Crippen molar-refractivity contribution >= 4 is 32.9 Å². The average molecular weight is 594 g/mol. The predicted molar refractivity (Wildman–Crippen MR) is 165 cm³/mol. The number of hydrogen-bond donors (Lipinski definition) is 1. The maximum absolute atomic E-state index is 13.5. The third kappa shape index (κ3) is 5.26. The molecule has 0 saturated carbocycles. The number of benzene rings is 4. The smallest absolute Gasteiger partial charge is 0.261 e. The van der Waals surface area contributed by atoms with Crippen molar-refractivity contribution in [1.82, 2.24) is 5.32 Å². The Morgan fingerprint density at radius 3 is 2.36 bits per heavy atom. The lowest BCUT2D eigenvalue weighted by Crippen LogP contribution is -2.21. The minimum absolute atomic E-state index is 0.171. The zero-order valence-corrected chi connectivity index (χ0v) is 24.6. The third-order valence-electron chi connectivity index (χ3n) is 7.35. The van der Waals surface area contributed by atoms with Gasteiger partial charge in [0.1, 0.15) is 5.75 Å². The van der Waals surface area contributed by atoms with Crippen LogP contribution in [0, 0.1) is 6.92 Å². The first-order valence-electron chi connectivity index (χ1n) is 13.4. The molecule has 8 heteroatoms. The van der Waals surface area contributed by atoms with Crippen LogP contribution in [0.2, 0.25) is 0 Å². The highest BCUT2D eigenvalue weighted by atomic mass is 32.2. The zero-order valence-electron chi connectivity index (χ0n) is 23.0. The van der Waals surface area contributed by atoms with Crippen molar-refractivity contribution in [3.05, 3.63) is 130 Å². The molecule has 1 N–H and O–H groups in total. The van der Waals surface area contributed by atoms with Crippen LogP contribution in [-0.2, 0) is 22.1 Å². The number of thiophene rings is 1. The number of ketones is 1. The summed E-state index contributed by atoms with van der Waals surface area (Å²) in [6.07, 6.45) is 0. The standard InChI is InChI=1S/C34H27NO5S2/c1-21-7-9-22(10-8-21)19-35-34(37)30-17-25-20-42(38,39)31-18-24(13-16-29(31)33(25)41-30)27-5-3-4-6-28(27)32(36)23-11-14-26(40-2)15-12-23/h3-18H,19-20H2,1-2H3,(H,35,37). The Balaban J connectivity index is 1.32. The highest BCUT2D eigenvalue weighted by Gasteiger charge is 2.31. The monoisotopic (exact) mass is 593 g/mol. The number of aryl methyl sites for hydroxylation is 1. The first-order chi connectivity index (χ1) is 20.2. The number of ether oxygens (including phenoxy) is 1. The average Bonchev–Trinajstić information content (AvgIpc) is 3.43. The number of hydrogen-bond acceptors (Lipinski definition) is 6. The van der Waals surface area contributed by atoms with Crippen LogP contribution in [0.4, 0.5) is 0 Å². The molecule has 1 aliphatic heterocycles. The van der Waals surface area contributed by atoms with E-state index in [2.05, 4.69) is 5.32 Å². The number of nitrogens with one attached hydrogen (secondary N) is 1. The summed E-state index contributed by atoms with van der Waals surface area (Å²) < 4.78 is 32.1. The van der Waals surface area contributed by atoms with E-state index in [1.807, 2.05) is 49.4 Å². The minimum Gasteiger partial charge on any atom is -0.497 e. The van der Waals surface area contributed by atoms with Gasteiger partial charge in [0.15, 0.2) is 15.6 Å². The summed E-state index contributed by atoms with van der Waals surface area (Å²) in [5, 5.41) is 2.94. The van der Waals surface area contributed by atoms with Crippen molar-refractivity contribution in [2.24, 2.45) is 0 Å². The Labute approximate surface area is 248 Å². The fourth-order valence-electron chi connectivity index (χ4n) is 5.10. The predicted octanol–water partition coefficient (Wildman–Crippen LogP) is 6.85. The summed E-state index contributed by atoms with van der Waals surface area (Å²) in [5.41, 5.74) is 5.57. The zero-order chi connectivity index (χ0) is 29.4. The van der Waals surface area contributed by atoms with Crippen LogP contribution in [0.3, 0.4) is 0 Å². The molecule has 42 heavy (non-hydrogen) atoms. The van der Waals surface area contributed by atoms with Gasteiger partial charge in [-0.3, -0.25) is 9.59 Å². The molecule has 5 aromatic rings. The van der Waals surface area contributed by atoms with Gasteiger partial charge in [-0.2, -0.15) is 0 Å². The van der Waals surface area contributed by atoms with Crippen molar-refractivity contribution in [3.8, 4) is 27.3 Å². The Hall–Kier alpha value is -4.53. The van der Waals surface area contributed by atoms with Gasteiger partial charge in [0.05, 0.1) is 22.6 Å². The fourth-order valence-corrected chi connectivity index (χ4v) is 8.00. The van der Waals surface area contributed by atoms with E-state index in [0.717, 1.165) is 16.0 Å². The van der Waals surface area contributed by atoms with Gasteiger partial charge in [-0.05, 0) is 65.6 Å². The van der Waals surface area contributed by atoms with E-state index >= 15 is 0 Å². The van der Waals surface area contributed by atoms with Gasteiger partial charge in [-0.25, -0.2) is 8.42 Å². The number of rotatable bonds is 7. The Bertz CT molecular complexity index is 1940. The van der Waals surface area contributed by atoms with Crippen LogP contribution in [-0.4, -0.2) is 27.2 Å². The van der Waals surface area contributed by atoms with Gasteiger partial charge in [0.25, 0.3) is 5.91 Å². The molecule has 0 bridgehead atoms. The topological polar surface area (TPSA) is 89.5 Å². The fraction of sp³-hybridized carbons (Fsp3) is 0.118. The molecule has 6 nitrogen and oxygen atoms in total. The van der Waals surface area contributed by atoms with Crippen molar-refractivity contribution in [2.75, 3.05) is 7.11 Å². The lowest BCUT2D eigenvalue weighted by molar-refractivity contribution is 0.0954. The van der Waals surface area contributed by atoms with Gasteiger partial charge in [-0.1, -0.05) is 66.2 Å². The molecule has 0 unspecified atom stereocenters. The summed E-state index contributed by atoms with van der Waals surface area (Å²) in [6, 6.07) is 28.9. The Morgan fingerprint density at radius 1 is 0.881 bits per heavy atom. The van der Waals surface area contributed by atoms with E-state index in [-0.39, 0.29) is 22.3 Å². The SMILES string of the molecule is COc1ccc(C(=O)c2ccccc2-c2ccc3c(c2)S(=O)(=O)Cc2cc(C(=O)NCc4ccc(C)cc4)sc2-3)cc1. The van der Waals surface area contributed by atoms with Crippen LogP contribution in [0.1, 0.15) is 42.3 Å². The summed E-state index contributed by atoms with van der Waals surface area (Å²) in [7, 11) is -2.11. The second kappa shape index (κ2) is 11.0. The highest BCUT2D eigenvalue weighted by Crippen LogP contribution is 2.44. The molecule has 0 fully saturated rings. The number of fused-ring (bicyclic) bond motifs is 3. The van der Waals surface area contributed by atoms with Gasteiger partial charge in [-0.15, -0.1) is 11.3 Å². The van der Waals surface area contributed by atoms with Crippen molar-refractivity contribution < 1.29 is 22.7 Å². The van der Waals surface area contributed by atoms with Crippen molar-refractivity contribution in [3.63, 3.8) is 0 Å². The second-order valence-corrected chi connectivity index (χ2v) is 13.2. The number of sulfone groups is 1. The molecule has 4 aromatic carbocycles. The molecule has 0 aliphatic carbocycles. The van der Waals surface area contributed by atoms with Crippen LogP contribution in [0.5, 0.6) is 5.75 Å². The number of methoxy groups -OCH3 is 1. The van der Waals surface area contributed by atoms with Crippen LogP contribution in [0.15, 0.2) is 102 Å². The summed E-state index contributed by atoms with van der Waals surface area (Å²) >= 11 is 1.29. The molecular weight excluding hydrogens is 567 g/mol. The molecule has 1 aliphatic rings. The van der Waals surface area contributed by atoms with Crippen molar-refractivity contribution in [1.29, 1.82) is 0 Å². The van der Waals surface area contributed by atoms with Gasteiger partial charge >= 0.3 is 0 Å². The molecule has 1 amide bonds. The molecule has 0 spiro atoms. The first-order valence-corrected chi connectivity index (χ1v) is 15.8. The number of carbonyl (C=O) groups excluding carboxylic acids is 2. The number of carbonyl (C=O) groups is 2. The van der Waals surface area contributed by atoms with Crippen LogP contribution >= 0.6 is 11.3 Å². The molecule has 210 valence electrons. The molecule has 2 heterocycles. The number of amides is 1. The van der Waals surface area contributed by atoms with Gasteiger partial charge in [0.2, 0.25) is 0 Å². The van der Waals surface area contributed by atoms with Gasteiger partial charge < -0.3 is 10.1 Å². The van der Waals surface area contributed by atoms with E-state index < -0.39 is 9.84 Å². The van der Waals surface area contributed by atoms with Crippen molar-refractivity contribution in [2.45, 2.75) is 24.1 Å². The molecule has 1 aromatic heterocycles. The lowest BCUT2D eigenvalue weighted by atomic mass is 9.93. The maximum Gasteiger partial charge on any atom is 0.261 e. The van der Waals surface area contributed by atoms with Crippen LogP contribution < -0.4 is 10.1 Å². The Morgan fingerprint density at radius 2 is 1.62 bits per heavy atom. The van der Waals surface area contributed by atoms with Crippen LogP contribution in [0.25, 0.3) is 21.6 Å². The summed E-state index contributed by atoms with van der Waals surface area (Å²) in [4.78, 5) is 27.9. The van der Waals surface area contributed by atoms with E-state index in [9.17, 15) is 18.0 Å². The normalized spacial score (nSPS) is 13.1. The molecular formula is C34H27NO5S2. The Kier molecular flexibility index (Phi) is 7.26. The van der Waals surface area contributed by atoms with E-state index in [1.165, 1.54) is 11.3 Å². The second-order valence-electron chi connectivity index (χ2n) is 10.2. The summed E-state index contributed by atoms with van der Waals surface area (Å²) in [6.45, 7) is 2.39. The van der Waals surface area contributed by atoms with Gasteiger partial charge in [0, 0.05) is 28.1 Å². The lowest BCUT2D eigenvalue weighted by Gasteiger charge is -2.18. The molecule has 6 rings (SSSR count). The van der Waals surface area contributed by atoms with E-state index in [1.54, 1.807) is 61.7 Å². The van der Waals surface area contributed by atoms with E-state index in [4.69, 9.17) is 4.74 Å². The largest absolute Gasteiger partial charge is 0.497 e. The van der Waals surface area contributed by atoms with E-state index in [0.29, 0.717) is 50.6 Å². The molecule has 0 atom stereocenters. The molecule has 0 saturated heterocycles. The molecule has 0 radical (unpaired) electrons. The minimum atomic E-state index is -3.67. The highest BCUT2D eigenvalue weighted by molar-refractivity contribution is 7.91. The quantitative estimate of drug-likeness (QED) is 0.209. The first kappa shape index (κ1) is 27.6. The third-order valence-corrected chi connectivity index (χ3v) is 10.3.